The fraction of sp³-hybridized carbons (Fsp3) is 0.815. The number of rotatable bonds is 4. The standard InChI is InChI=1S/C27H42N2O7/c1-7-25(4)12-20(36-24(33)29-23(32)35-19-14-28-13-18(19)34-6)26(5)15(2)8-10-27(16(3)22(25)31)11-9-17(30)21(26)27/h7,15-16,18-22,28,31H,1,8-14H2,2-6H3,(H,29,32,33)/t15?,16-,18-,19-,20+,21-,22-,25+,26+,27-/m0/s1. The Kier molecular flexibility index (Phi) is 7.31. The molecule has 2 bridgehead atoms. The molecule has 4 fully saturated rings. The molecule has 1 aliphatic heterocycles. The van der Waals surface area contributed by atoms with E-state index in [0.717, 1.165) is 19.3 Å². The number of Topliss-reactive ketones (excluding diaryl/α,β-unsaturated/α-hetero) is 1. The third-order valence-corrected chi connectivity index (χ3v) is 10.4. The van der Waals surface area contributed by atoms with Gasteiger partial charge in [0.25, 0.3) is 0 Å². The Bertz CT molecular complexity index is 911. The average Bonchev–Trinajstić information content (AvgIpc) is 3.43. The molecule has 2 amide bonds. The normalized spacial score (nSPS) is 46.3. The SMILES string of the molecule is C=C[C@]1(C)C[C@@H](OC(=O)NC(=O)O[C@H]2CNC[C@@H]2OC)[C@@]2(C)C(C)CC[C@]3(CCC(=O)[C@H]32)[C@@H](C)[C@@H]1O. The molecule has 0 radical (unpaired) electrons. The fourth-order valence-corrected chi connectivity index (χ4v) is 7.89. The third kappa shape index (κ3) is 4.17. The van der Waals surface area contributed by atoms with Crippen molar-refractivity contribution in [2.24, 2.45) is 34.0 Å². The van der Waals surface area contributed by atoms with Crippen molar-refractivity contribution in [2.45, 2.75) is 84.2 Å². The van der Waals surface area contributed by atoms with Crippen molar-refractivity contribution in [1.29, 1.82) is 0 Å². The highest BCUT2D eigenvalue weighted by atomic mass is 16.6. The summed E-state index contributed by atoms with van der Waals surface area (Å²) in [5.74, 6) is -0.157. The van der Waals surface area contributed by atoms with Crippen LogP contribution < -0.4 is 10.6 Å². The van der Waals surface area contributed by atoms with E-state index in [9.17, 15) is 19.5 Å². The summed E-state index contributed by atoms with van der Waals surface area (Å²) >= 11 is 0. The third-order valence-electron chi connectivity index (χ3n) is 10.4. The van der Waals surface area contributed by atoms with Gasteiger partial charge in [-0.25, -0.2) is 14.9 Å². The molecule has 1 unspecified atom stereocenters. The number of nitrogens with one attached hydrogen (secondary N) is 2. The van der Waals surface area contributed by atoms with Gasteiger partial charge in [-0.3, -0.25) is 4.79 Å². The van der Waals surface area contributed by atoms with Gasteiger partial charge in [0, 0.05) is 43.4 Å². The number of carbonyl (C=O) groups excluding carboxylic acids is 3. The minimum Gasteiger partial charge on any atom is -0.445 e. The van der Waals surface area contributed by atoms with Gasteiger partial charge >= 0.3 is 12.2 Å². The molecule has 9 nitrogen and oxygen atoms in total. The van der Waals surface area contributed by atoms with E-state index in [1.54, 1.807) is 6.08 Å². The van der Waals surface area contributed by atoms with Crippen molar-refractivity contribution in [3.05, 3.63) is 12.7 Å². The highest BCUT2D eigenvalue weighted by Crippen LogP contribution is 2.67. The number of methoxy groups -OCH3 is 1. The molecule has 1 saturated heterocycles. The summed E-state index contributed by atoms with van der Waals surface area (Å²) in [5, 5.41) is 16.8. The lowest BCUT2D eigenvalue weighted by molar-refractivity contribution is -0.191. The Hall–Kier alpha value is -1.97. The van der Waals surface area contributed by atoms with E-state index < -0.39 is 41.3 Å². The smallest absolute Gasteiger partial charge is 0.417 e. The lowest BCUT2D eigenvalue weighted by Gasteiger charge is -2.61. The van der Waals surface area contributed by atoms with Crippen LogP contribution in [0.3, 0.4) is 0 Å². The lowest BCUT2D eigenvalue weighted by Crippen LogP contribution is -2.63. The molecule has 36 heavy (non-hydrogen) atoms. The van der Waals surface area contributed by atoms with Crippen LogP contribution in [0.15, 0.2) is 12.7 Å². The van der Waals surface area contributed by atoms with E-state index in [4.69, 9.17) is 14.2 Å². The molecule has 3 aliphatic carbocycles. The minimum atomic E-state index is -0.922. The molecule has 3 N–H and O–H groups in total. The Labute approximate surface area is 213 Å². The molecule has 9 heteroatoms. The second-order valence-electron chi connectivity index (χ2n) is 12.0. The molecule has 4 rings (SSSR count). The zero-order valence-corrected chi connectivity index (χ0v) is 22.2. The van der Waals surface area contributed by atoms with Gasteiger partial charge < -0.3 is 24.6 Å². The molecule has 4 aliphatic rings. The summed E-state index contributed by atoms with van der Waals surface area (Å²) in [7, 11) is 1.54. The van der Waals surface area contributed by atoms with Crippen LogP contribution >= 0.6 is 0 Å². The maximum absolute atomic E-state index is 13.4. The van der Waals surface area contributed by atoms with Crippen molar-refractivity contribution < 1.29 is 33.7 Å². The largest absolute Gasteiger partial charge is 0.445 e. The van der Waals surface area contributed by atoms with E-state index in [0.29, 0.717) is 25.9 Å². The predicted molar refractivity (Wildman–Crippen MR) is 132 cm³/mol. The van der Waals surface area contributed by atoms with E-state index >= 15 is 0 Å². The van der Waals surface area contributed by atoms with Crippen molar-refractivity contribution in [3.63, 3.8) is 0 Å². The van der Waals surface area contributed by atoms with Gasteiger partial charge in [-0.15, -0.1) is 6.58 Å². The van der Waals surface area contributed by atoms with Crippen LogP contribution in [-0.2, 0) is 19.0 Å². The highest BCUT2D eigenvalue weighted by molar-refractivity contribution is 5.88. The summed E-state index contributed by atoms with van der Waals surface area (Å²) in [6, 6.07) is 0. The lowest BCUT2D eigenvalue weighted by atomic mass is 9.44. The van der Waals surface area contributed by atoms with E-state index in [-0.39, 0.29) is 35.1 Å². The van der Waals surface area contributed by atoms with Gasteiger partial charge in [0.2, 0.25) is 0 Å². The summed E-state index contributed by atoms with van der Waals surface area (Å²) in [6.45, 7) is 13.1. The summed E-state index contributed by atoms with van der Waals surface area (Å²) in [5.41, 5.74) is -1.75. The van der Waals surface area contributed by atoms with Crippen LogP contribution in [0.4, 0.5) is 9.59 Å². The second kappa shape index (κ2) is 9.72. The molecular formula is C27H42N2O7. The van der Waals surface area contributed by atoms with E-state index in [2.05, 4.69) is 38.0 Å². The number of carbonyl (C=O) groups is 3. The van der Waals surface area contributed by atoms with Crippen LogP contribution in [0.5, 0.6) is 0 Å². The Balaban J connectivity index is 1.62. The predicted octanol–water partition coefficient (Wildman–Crippen LogP) is 3.20. The van der Waals surface area contributed by atoms with Crippen LogP contribution in [0.2, 0.25) is 0 Å². The maximum Gasteiger partial charge on any atom is 0.417 e. The fourth-order valence-electron chi connectivity index (χ4n) is 7.89. The average molecular weight is 507 g/mol. The number of ketones is 1. The number of hydrogen-bond donors (Lipinski definition) is 3. The van der Waals surface area contributed by atoms with Gasteiger partial charge in [0.05, 0.1) is 6.10 Å². The number of aliphatic hydroxyl groups excluding tert-OH is 1. The van der Waals surface area contributed by atoms with Crippen LogP contribution in [-0.4, -0.2) is 67.7 Å². The first kappa shape index (κ1) is 27.1. The molecule has 202 valence electrons. The molecule has 0 aromatic heterocycles. The van der Waals surface area contributed by atoms with Gasteiger partial charge in [0.15, 0.2) is 0 Å². The first-order valence-corrected chi connectivity index (χ1v) is 13.2. The van der Waals surface area contributed by atoms with Crippen LogP contribution in [0, 0.1) is 34.0 Å². The maximum atomic E-state index is 13.4. The Morgan fingerprint density at radius 1 is 1.14 bits per heavy atom. The van der Waals surface area contributed by atoms with Crippen molar-refractivity contribution >= 4 is 18.0 Å². The zero-order valence-electron chi connectivity index (χ0n) is 22.2. The number of imide groups is 1. The topological polar surface area (TPSA) is 123 Å². The number of amides is 2. The van der Waals surface area contributed by atoms with Gasteiger partial charge in [-0.05, 0) is 42.9 Å². The van der Waals surface area contributed by atoms with Crippen LogP contribution in [0.25, 0.3) is 0 Å². The van der Waals surface area contributed by atoms with Crippen molar-refractivity contribution in [2.75, 3.05) is 20.2 Å². The van der Waals surface area contributed by atoms with Crippen molar-refractivity contribution in [1.82, 2.24) is 10.6 Å². The summed E-state index contributed by atoms with van der Waals surface area (Å²) in [4.78, 5) is 38.9. The molecule has 0 spiro atoms. The van der Waals surface area contributed by atoms with Crippen molar-refractivity contribution in [3.8, 4) is 0 Å². The number of alkyl carbamates (subject to hydrolysis) is 2. The quantitative estimate of drug-likeness (QED) is 0.497. The molecular weight excluding hydrogens is 464 g/mol. The molecule has 0 aromatic rings. The number of aliphatic hydroxyl groups is 1. The minimum absolute atomic E-state index is 0.103. The molecule has 10 atom stereocenters. The molecule has 1 heterocycles. The zero-order chi connectivity index (χ0) is 26.5. The summed E-state index contributed by atoms with van der Waals surface area (Å²) in [6.07, 6.45) is 0.862. The van der Waals surface area contributed by atoms with E-state index in [1.165, 1.54) is 7.11 Å². The molecule has 0 aromatic carbocycles. The van der Waals surface area contributed by atoms with Gasteiger partial charge in [-0.2, -0.15) is 0 Å². The first-order valence-electron chi connectivity index (χ1n) is 13.2. The first-order chi connectivity index (χ1) is 16.9. The van der Waals surface area contributed by atoms with E-state index in [1.807, 2.05) is 6.92 Å². The Morgan fingerprint density at radius 3 is 2.47 bits per heavy atom. The molecule has 3 saturated carbocycles. The number of hydrogen-bond acceptors (Lipinski definition) is 8. The van der Waals surface area contributed by atoms with Gasteiger partial charge in [0.1, 0.15) is 24.1 Å². The Morgan fingerprint density at radius 2 is 1.81 bits per heavy atom. The highest BCUT2D eigenvalue weighted by Gasteiger charge is 2.68. The van der Waals surface area contributed by atoms with Crippen LogP contribution in [0.1, 0.15) is 59.8 Å². The van der Waals surface area contributed by atoms with Gasteiger partial charge in [-0.1, -0.05) is 33.8 Å². The number of ether oxygens (including phenoxy) is 3. The second-order valence-corrected chi connectivity index (χ2v) is 12.0. The summed E-state index contributed by atoms with van der Waals surface area (Å²) < 4.78 is 16.7. The monoisotopic (exact) mass is 506 g/mol.